The van der Waals surface area contributed by atoms with Gasteiger partial charge >= 0.3 is 0 Å². The highest BCUT2D eigenvalue weighted by Gasteiger charge is 2.81. The number of aliphatic hydroxyl groups is 1. The fraction of sp³-hybridized carbons (Fsp3) is 0.485. The van der Waals surface area contributed by atoms with Crippen LogP contribution in [0.2, 0.25) is 0 Å². The van der Waals surface area contributed by atoms with Crippen molar-refractivity contribution in [3.8, 4) is 17.2 Å². The molecule has 1 saturated heterocycles. The summed E-state index contributed by atoms with van der Waals surface area (Å²) < 4.78 is 13.5. The fourth-order valence-corrected chi connectivity index (χ4v) is 7.17. The minimum atomic E-state index is -1.58. The zero-order valence-electron chi connectivity index (χ0n) is 24.5. The van der Waals surface area contributed by atoms with Crippen LogP contribution >= 0.6 is 0 Å². The van der Waals surface area contributed by atoms with Gasteiger partial charge in [0, 0.05) is 41.4 Å². The third-order valence-corrected chi connectivity index (χ3v) is 9.27. The summed E-state index contributed by atoms with van der Waals surface area (Å²) in [5.74, 6) is -2.45. The molecule has 2 fully saturated rings. The first-order valence-electron chi connectivity index (χ1n) is 14.0. The lowest BCUT2D eigenvalue weighted by atomic mass is 9.51. The highest BCUT2D eigenvalue weighted by Crippen LogP contribution is 2.68. The van der Waals surface area contributed by atoms with Crippen molar-refractivity contribution in [3.05, 3.63) is 63.8 Å². The molecule has 3 N–H and O–H groups in total. The first kappa shape index (κ1) is 29.0. The normalized spacial score (nSPS) is 29.7. The van der Waals surface area contributed by atoms with E-state index in [-0.39, 0.29) is 58.8 Å². The average Bonchev–Trinajstić information content (AvgIpc) is 3.06. The molecule has 0 aromatic heterocycles. The number of allylic oxidation sites excluding steroid dienone is 4. The summed E-state index contributed by atoms with van der Waals surface area (Å²) in [5.41, 5.74) is -1.71. The van der Waals surface area contributed by atoms with E-state index >= 15 is 0 Å². The van der Waals surface area contributed by atoms with Crippen molar-refractivity contribution < 1.29 is 39.2 Å². The molecule has 218 valence electrons. The monoisotopic (exact) mass is 562 g/mol. The van der Waals surface area contributed by atoms with Gasteiger partial charge in [-0.2, -0.15) is 0 Å². The summed E-state index contributed by atoms with van der Waals surface area (Å²) in [6, 6.07) is 0. The number of Topliss-reactive ketones (excluding diaryl/α,β-unsaturated/α-hetero) is 2. The number of benzene rings is 1. The maximum absolute atomic E-state index is 14.5. The zero-order chi connectivity index (χ0) is 30.2. The van der Waals surface area contributed by atoms with E-state index in [9.17, 15) is 29.7 Å². The van der Waals surface area contributed by atoms with Gasteiger partial charge in [0.25, 0.3) is 0 Å². The molecule has 2 aliphatic heterocycles. The van der Waals surface area contributed by atoms with Gasteiger partial charge in [0.05, 0.1) is 11.7 Å². The fourth-order valence-electron chi connectivity index (χ4n) is 7.17. The Morgan fingerprint density at radius 3 is 2.41 bits per heavy atom. The number of carbonyl (C=O) groups is 3. The number of hydrogen-bond donors (Lipinski definition) is 3. The van der Waals surface area contributed by atoms with E-state index in [0.29, 0.717) is 23.9 Å². The largest absolute Gasteiger partial charge is 0.507 e. The van der Waals surface area contributed by atoms with Crippen LogP contribution in [0.5, 0.6) is 17.2 Å². The van der Waals surface area contributed by atoms with Crippen LogP contribution < -0.4 is 4.74 Å². The van der Waals surface area contributed by atoms with Crippen molar-refractivity contribution >= 4 is 17.9 Å². The Morgan fingerprint density at radius 2 is 1.80 bits per heavy atom. The molecule has 3 aliphatic carbocycles. The summed E-state index contributed by atoms with van der Waals surface area (Å²) >= 11 is 0. The van der Waals surface area contributed by atoms with Gasteiger partial charge in [0.2, 0.25) is 0 Å². The molecular formula is C33H38O8. The third kappa shape index (κ3) is 3.91. The molecular weight excluding hydrogens is 524 g/mol. The second kappa shape index (κ2) is 9.53. The lowest BCUT2D eigenvalue weighted by molar-refractivity contribution is -0.171. The lowest BCUT2D eigenvalue weighted by Crippen LogP contribution is -2.72. The van der Waals surface area contributed by atoms with Crippen LogP contribution in [-0.2, 0) is 27.2 Å². The SMILES string of the molecule is C=C(C)[C@H](O)Cc1c(O)c(CC=C(C)C)c2c(c1O)C(=O)C1=C[C@H]3C[C@@H]4C(C)(C)O[C@](CC=C(C)C=O)(C3=O)[C@]14O2. The molecule has 0 amide bonds. The molecule has 1 aromatic rings. The Bertz CT molecular complexity index is 1490. The minimum Gasteiger partial charge on any atom is -0.507 e. The van der Waals surface area contributed by atoms with Gasteiger partial charge in [-0.25, -0.2) is 0 Å². The van der Waals surface area contributed by atoms with E-state index in [1.165, 1.54) is 0 Å². The number of phenolic OH excluding ortho intramolecular Hbond substituents is 2. The van der Waals surface area contributed by atoms with Crippen LogP contribution in [-0.4, -0.2) is 56.1 Å². The van der Waals surface area contributed by atoms with Crippen LogP contribution in [0.1, 0.15) is 75.9 Å². The number of aromatic hydroxyl groups is 2. The maximum atomic E-state index is 14.5. The molecule has 0 radical (unpaired) electrons. The highest BCUT2D eigenvalue weighted by atomic mass is 16.6. The van der Waals surface area contributed by atoms with Crippen molar-refractivity contribution in [1.29, 1.82) is 0 Å². The molecule has 1 aromatic carbocycles. The molecule has 1 saturated carbocycles. The van der Waals surface area contributed by atoms with E-state index in [1.54, 1.807) is 26.0 Å². The van der Waals surface area contributed by atoms with Crippen LogP contribution in [0.4, 0.5) is 0 Å². The molecule has 0 unspecified atom stereocenters. The van der Waals surface area contributed by atoms with Gasteiger partial charge in [-0.1, -0.05) is 36.0 Å². The summed E-state index contributed by atoms with van der Waals surface area (Å²) in [6.07, 6.45) is 5.26. The van der Waals surface area contributed by atoms with Crippen molar-refractivity contribution in [3.63, 3.8) is 0 Å². The van der Waals surface area contributed by atoms with Crippen molar-refractivity contribution in [2.75, 3.05) is 0 Å². The Hall–Kier alpha value is -3.49. The first-order chi connectivity index (χ1) is 19.1. The summed E-state index contributed by atoms with van der Waals surface area (Å²) in [6.45, 7) is 14.6. The molecule has 4 bridgehead atoms. The Morgan fingerprint density at radius 1 is 1.12 bits per heavy atom. The van der Waals surface area contributed by atoms with Crippen molar-refractivity contribution in [2.24, 2.45) is 11.8 Å². The summed E-state index contributed by atoms with van der Waals surface area (Å²) in [5, 5.41) is 33.5. The third-order valence-electron chi connectivity index (χ3n) is 9.27. The van der Waals surface area contributed by atoms with Gasteiger partial charge < -0.3 is 24.8 Å². The van der Waals surface area contributed by atoms with E-state index < -0.39 is 46.3 Å². The minimum absolute atomic E-state index is 0.00753. The van der Waals surface area contributed by atoms with E-state index in [4.69, 9.17) is 9.47 Å². The number of ketones is 2. The predicted octanol–water partition coefficient (Wildman–Crippen LogP) is 4.63. The average molecular weight is 563 g/mol. The van der Waals surface area contributed by atoms with Gasteiger partial charge in [0.1, 0.15) is 29.1 Å². The van der Waals surface area contributed by atoms with E-state index in [2.05, 4.69) is 6.58 Å². The number of fused-ring (bicyclic) bond motifs is 1. The number of hydrogen-bond acceptors (Lipinski definition) is 8. The quantitative estimate of drug-likeness (QED) is 0.238. The van der Waals surface area contributed by atoms with Crippen molar-refractivity contribution in [1.82, 2.24) is 0 Å². The molecule has 1 spiro atoms. The maximum Gasteiger partial charge on any atom is 0.200 e. The molecule has 8 nitrogen and oxygen atoms in total. The standard InChI is InChI=1S/C33H38O8/c1-16(2)8-9-20-26(36)21(14-23(35)17(3)4)27(37)25-28(38)22-12-19-13-24-31(6,7)41-32(30(19)39,11-10-18(5)15-34)33(22,24)40-29(20)25/h8,10,12,15,19,23-24,35-37H,3,9,11,13-14H2,1-2,4-7H3/t19-,23+,24+,32+,33-/m0/s1. The van der Waals surface area contributed by atoms with Crippen LogP contribution in [0.15, 0.2) is 47.1 Å². The molecule has 6 rings (SSSR count). The van der Waals surface area contributed by atoms with E-state index in [0.717, 1.165) is 5.57 Å². The highest BCUT2D eigenvalue weighted by molar-refractivity contribution is 6.18. The molecule has 5 aliphatic rings. The van der Waals surface area contributed by atoms with Crippen LogP contribution in [0, 0.1) is 11.8 Å². The molecule has 8 heteroatoms. The second-order valence-electron chi connectivity index (χ2n) is 12.7. The topological polar surface area (TPSA) is 130 Å². The lowest BCUT2D eigenvalue weighted by Gasteiger charge is -2.56. The smallest absolute Gasteiger partial charge is 0.200 e. The number of phenols is 2. The van der Waals surface area contributed by atoms with Crippen LogP contribution in [0.3, 0.4) is 0 Å². The summed E-state index contributed by atoms with van der Waals surface area (Å²) in [7, 11) is 0. The van der Waals surface area contributed by atoms with Crippen molar-refractivity contribution in [2.45, 2.75) is 90.1 Å². The number of carbonyl (C=O) groups excluding carboxylic acids is 3. The second-order valence-corrected chi connectivity index (χ2v) is 12.7. The Kier molecular flexibility index (Phi) is 6.74. The Balaban J connectivity index is 1.81. The van der Waals surface area contributed by atoms with E-state index in [1.807, 2.05) is 33.8 Å². The summed E-state index contributed by atoms with van der Waals surface area (Å²) in [4.78, 5) is 40.0. The molecule has 5 atom stereocenters. The number of aliphatic hydroxyl groups excluding tert-OH is 1. The van der Waals surface area contributed by atoms with Crippen LogP contribution in [0.25, 0.3) is 0 Å². The molecule has 2 heterocycles. The predicted molar refractivity (Wildman–Crippen MR) is 152 cm³/mol. The number of rotatable bonds is 8. The van der Waals surface area contributed by atoms with Gasteiger partial charge in [-0.15, -0.1) is 0 Å². The van der Waals surface area contributed by atoms with Gasteiger partial charge in [-0.3, -0.25) is 14.4 Å². The number of aldehydes is 1. The zero-order valence-corrected chi connectivity index (χ0v) is 24.5. The van der Waals surface area contributed by atoms with Gasteiger partial charge in [-0.05, 0) is 60.0 Å². The molecule has 41 heavy (non-hydrogen) atoms. The van der Waals surface area contributed by atoms with Gasteiger partial charge in [0.15, 0.2) is 22.8 Å². The number of ether oxygens (including phenoxy) is 2. The Labute approximate surface area is 240 Å². The first-order valence-corrected chi connectivity index (χ1v) is 14.0.